The Hall–Kier alpha value is -0.0900. The van der Waals surface area contributed by atoms with Crippen LogP contribution >= 0.6 is 0 Å². The van der Waals surface area contributed by atoms with Crippen molar-refractivity contribution in [3.05, 3.63) is 0 Å². The average molecular weight is 263 g/mol. The highest BCUT2D eigenvalue weighted by Crippen LogP contribution is 2.25. The van der Waals surface area contributed by atoms with Gasteiger partial charge in [-0.1, -0.05) is 34.6 Å². The Morgan fingerprint density at radius 3 is 2.18 bits per heavy atom. The highest BCUT2D eigenvalue weighted by Gasteiger charge is 2.24. The van der Waals surface area contributed by atoms with Gasteiger partial charge < -0.3 is 5.32 Å². The van der Waals surface area contributed by atoms with Gasteiger partial charge in [0.25, 0.3) is 0 Å². The topological polar surface area (TPSA) is 46.2 Å². The minimum absolute atomic E-state index is 0.0884. The first-order valence-corrected chi connectivity index (χ1v) is 8.50. The van der Waals surface area contributed by atoms with E-state index in [1.165, 1.54) is 0 Å². The fourth-order valence-electron chi connectivity index (χ4n) is 1.66. The lowest BCUT2D eigenvalue weighted by atomic mass is 9.84. The van der Waals surface area contributed by atoms with Crippen LogP contribution in [0.15, 0.2) is 0 Å². The van der Waals surface area contributed by atoms with E-state index in [9.17, 15) is 8.42 Å². The van der Waals surface area contributed by atoms with Crippen molar-refractivity contribution in [3.63, 3.8) is 0 Å². The summed E-state index contributed by atoms with van der Waals surface area (Å²) in [4.78, 5) is 0. The molecule has 0 aliphatic rings. The molecule has 3 nitrogen and oxygen atoms in total. The third kappa shape index (κ3) is 7.77. The summed E-state index contributed by atoms with van der Waals surface area (Å²) in [6.45, 7) is 11.3. The van der Waals surface area contributed by atoms with Crippen molar-refractivity contribution in [2.75, 3.05) is 18.1 Å². The Labute approximate surface area is 107 Å². The Balaban J connectivity index is 4.29. The molecule has 17 heavy (non-hydrogen) atoms. The molecule has 0 saturated carbocycles. The summed E-state index contributed by atoms with van der Waals surface area (Å²) in [5.41, 5.74) is 0.0884. The molecule has 104 valence electrons. The average Bonchev–Trinajstić information content (AvgIpc) is 2.24. The molecule has 0 fully saturated rings. The van der Waals surface area contributed by atoms with E-state index in [-0.39, 0.29) is 5.41 Å². The van der Waals surface area contributed by atoms with Crippen molar-refractivity contribution < 1.29 is 8.42 Å². The lowest BCUT2D eigenvalue weighted by Gasteiger charge is -2.29. The monoisotopic (exact) mass is 263 g/mol. The molecule has 0 saturated heterocycles. The smallest absolute Gasteiger partial charge is 0.150 e. The number of hydrogen-bond acceptors (Lipinski definition) is 3. The maximum Gasteiger partial charge on any atom is 0.150 e. The quantitative estimate of drug-likeness (QED) is 0.695. The molecule has 0 aromatic rings. The number of rotatable bonds is 9. The number of hydrogen-bond donors (Lipinski definition) is 1. The summed E-state index contributed by atoms with van der Waals surface area (Å²) < 4.78 is 23.4. The molecule has 0 amide bonds. The third-order valence-corrected chi connectivity index (χ3v) is 5.18. The second kappa shape index (κ2) is 7.37. The van der Waals surface area contributed by atoms with Crippen LogP contribution in [-0.2, 0) is 9.84 Å². The Morgan fingerprint density at radius 2 is 1.76 bits per heavy atom. The molecule has 0 aliphatic carbocycles. The molecule has 0 aromatic carbocycles. The summed E-state index contributed by atoms with van der Waals surface area (Å²) in [6.07, 6.45) is 2.48. The van der Waals surface area contributed by atoms with Gasteiger partial charge in [0, 0.05) is 18.3 Å². The number of nitrogens with one attached hydrogen (secondary N) is 1. The van der Waals surface area contributed by atoms with Gasteiger partial charge in [0.2, 0.25) is 0 Å². The van der Waals surface area contributed by atoms with Gasteiger partial charge >= 0.3 is 0 Å². The van der Waals surface area contributed by atoms with Crippen LogP contribution in [0.5, 0.6) is 0 Å². The van der Waals surface area contributed by atoms with Crippen molar-refractivity contribution >= 4 is 9.84 Å². The first kappa shape index (κ1) is 16.9. The third-order valence-electron chi connectivity index (χ3n) is 3.32. The van der Waals surface area contributed by atoms with E-state index in [0.717, 1.165) is 25.8 Å². The van der Waals surface area contributed by atoms with Crippen molar-refractivity contribution in [3.8, 4) is 0 Å². The van der Waals surface area contributed by atoms with Gasteiger partial charge in [-0.25, -0.2) is 8.42 Å². The Bertz CT molecular complexity index is 299. The van der Waals surface area contributed by atoms with Gasteiger partial charge in [-0.3, -0.25) is 0 Å². The van der Waals surface area contributed by atoms with Gasteiger partial charge in [0.15, 0.2) is 0 Å². The first-order chi connectivity index (χ1) is 7.74. The minimum Gasteiger partial charge on any atom is -0.314 e. The van der Waals surface area contributed by atoms with Crippen LogP contribution in [0.1, 0.15) is 53.9 Å². The first-order valence-electron chi connectivity index (χ1n) is 6.68. The van der Waals surface area contributed by atoms with E-state index in [0.29, 0.717) is 17.5 Å². The highest BCUT2D eigenvalue weighted by molar-refractivity contribution is 7.91. The minimum atomic E-state index is -2.84. The zero-order valence-corrected chi connectivity index (χ0v) is 12.9. The second-order valence-corrected chi connectivity index (χ2v) is 7.91. The SMILES string of the molecule is CCCS(=O)(=O)CCC(C)(CC)CNC(C)C. The van der Waals surface area contributed by atoms with E-state index in [1.807, 2.05) is 6.92 Å². The van der Waals surface area contributed by atoms with Gasteiger partial charge in [0.1, 0.15) is 9.84 Å². The molecule has 0 heterocycles. The summed E-state index contributed by atoms with van der Waals surface area (Å²) >= 11 is 0. The van der Waals surface area contributed by atoms with Crippen LogP contribution in [0, 0.1) is 5.41 Å². The fraction of sp³-hybridized carbons (Fsp3) is 1.00. The molecule has 4 heteroatoms. The molecule has 0 radical (unpaired) electrons. The Kier molecular flexibility index (Phi) is 7.33. The van der Waals surface area contributed by atoms with E-state index in [2.05, 4.69) is 33.0 Å². The Morgan fingerprint density at radius 1 is 1.18 bits per heavy atom. The lowest BCUT2D eigenvalue weighted by Crippen LogP contribution is -2.36. The predicted molar refractivity (Wildman–Crippen MR) is 75.1 cm³/mol. The van der Waals surface area contributed by atoms with E-state index in [1.54, 1.807) is 0 Å². The summed E-state index contributed by atoms with van der Waals surface area (Å²) in [5.74, 6) is 0.648. The molecule has 0 bridgehead atoms. The number of sulfone groups is 1. The molecule has 0 spiro atoms. The van der Waals surface area contributed by atoms with Crippen molar-refractivity contribution in [2.45, 2.75) is 59.9 Å². The molecule has 0 rings (SSSR count). The fourth-order valence-corrected chi connectivity index (χ4v) is 3.29. The zero-order valence-electron chi connectivity index (χ0n) is 12.0. The summed E-state index contributed by atoms with van der Waals surface area (Å²) in [6, 6.07) is 0.452. The summed E-state index contributed by atoms with van der Waals surface area (Å²) in [7, 11) is -2.84. The van der Waals surface area contributed by atoms with Gasteiger partial charge in [-0.15, -0.1) is 0 Å². The van der Waals surface area contributed by atoms with Gasteiger partial charge in [-0.2, -0.15) is 0 Å². The van der Waals surface area contributed by atoms with Gasteiger partial charge in [0.05, 0.1) is 5.75 Å². The largest absolute Gasteiger partial charge is 0.314 e. The van der Waals surface area contributed by atoms with Crippen LogP contribution < -0.4 is 5.32 Å². The van der Waals surface area contributed by atoms with Crippen LogP contribution in [0.3, 0.4) is 0 Å². The van der Waals surface area contributed by atoms with Crippen LogP contribution in [0.2, 0.25) is 0 Å². The van der Waals surface area contributed by atoms with Crippen LogP contribution in [-0.4, -0.2) is 32.5 Å². The van der Waals surface area contributed by atoms with Crippen molar-refractivity contribution in [2.24, 2.45) is 5.41 Å². The van der Waals surface area contributed by atoms with Crippen LogP contribution in [0.25, 0.3) is 0 Å². The maximum atomic E-state index is 11.7. The molecular weight excluding hydrogens is 234 g/mol. The molecule has 1 N–H and O–H groups in total. The van der Waals surface area contributed by atoms with Crippen LogP contribution in [0.4, 0.5) is 0 Å². The van der Waals surface area contributed by atoms with Gasteiger partial charge in [-0.05, 0) is 24.7 Å². The zero-order chi connectivity index (χ0) is 13.5. The predicted octanol–water partition coefficient (Wildman–Crippen LogP) is 2.62. The second-order valence-electron chi connectivity index (χ2n) is 5.60. The normalized spacial score (nSPS) is 16.1. The van der Waals surface area contributed by atoms with Crippen molar-refractivity contribution in [1.82, 2.24) is 5.32 Å². The molecular formula is C13H29NO2S. The molecule has 1 unspecified atom stereocenters. The molecule has 0 aromatic heterocycles. The summed E-state index contributed by atoms with van der Waals surface area (Å²) in [5, 5.41) is 3.41. The lowest BCUT2D eigenvalue weighted by molar-refractivity contribution is 0.273. The van der Waals surface area contributed by atoms with E-state index < -0.39 is 9.84 Å². The maximum absolute atomic E-state index is 11.7. The van der Waals surface area contributed by atoms with Crippen molar-refractivity contribution in [1.29, 1.82) is 0 Å². The standard InChI is InChI=1S/C13H29NO2S/c1-6-9-17(15,16)10-8-13(5,7-2)11-14-12(3)4/h12,14H,6-11H2,1-5H3. The van der Waals surface area contributed by atoms with E-state index in [4.69, 9.17) is 0 Å². The highest BCUT2D eigenvalue weighted by atomic mass is 32.2. The molecule has 1 atom stereocenters. The van der Waals surface area contributed by atoms with E-state index >= 15 is 0 Å². The molecule has 0 aliphatic heterocycles.